The number of amides is 1. The van der Waals surface area contributed by atoms with E-state index in [1.54, 1.807) is 6.92 Å². The molecule has 1 amide bonds. The highest BCUT2D eigenvalue weighted by Gasteiger charge is 2.47. The van der Waals surface area contributed by atoms with Crippen molar-refractivity contribution in [3.63, 3.8) is 0 Å². The zero-order valence-corrected chi connectivity index (χ0v) is 18.2. The second-order valence-electron chi connectivity index (χ2n) is 7.17. The van der Waals surface area contributed by atoms with Crippen molar-refractivity contribution < 1.29 is 19.1 Å². The van der Waals surface area contributed by atoms with Gasteiger partial charge in [0, 0.05) is 38.9 Å². The van der Waals surface area contributed by atoms with Crippen LogP contribution >= 0.6 is 27.3 Å². The summed E-state index contributed by atoms with van der Waals surface area (Å²) in [5, 5.41) is 4.83. The fourth-order valence-electron chi connectivity index (χ4n) is 4.23. The number of Topliss-reactive ketones (excluding diaryl/α,β-unsaturated/α-hetero) is 1. The van der Waals surface area contributed by atoms with Gasteiger partial charge in [0.25, 0.3) is 0 Å². The maximum atomic E-state index is 13.6. The predicted octanol–water partition coefficient (Wildman–Crippen LogP) is 4.30. The molecule has 0 saturated carbocycles. The van der Waals surface area contributed by atoms with E-state index in [1.165, 1.54) is 11.3 Å². The molecular formula is C22H20BrNO4S. The third-order valence-corrected chi connectivity index (χ3v) is 6.93. The van der Waals surface area contributed by atoms with Gasteiger partial charge in [-0.15, -0.1) is 11.3 Å². The topological polar surface area (TPSA) is 72.5 Å². The van der Waals surface area contributed by atoms with Gasteiger partial charge in [-0.2, -0.15) is 0 Å². The lowest BCUT2D eigenvalue weighted by Gasteiger charge is -2.37. The van der Waals surface area contributed by atoms with Crippen LogP contribution in [0.2, 0.25) is 0 Å². The number of allylic oxidation sites excluding steroid dienone is 2. The van der Waals surface area contributed by atoms with Crippen molar-refractivity contribution in [2.45, 2.75) is 31.6 Å². The first-order valence-electron chi connectivity index (χ1n) is 9.52. The van der Waals surface area contributed by atoms with Crippen LogP contribution in [0.1, 0.15) is 42.0 Å². The Bertz CT molecular complexity index is 998. The van der Waals surface area contributed by atoms with E-state index in [-0.39, 0.29) is 36.6 Å². The number of hydrogen-bond acceptors (Lipinski definition) is 5. The number of benzene rings is 1. The Morgan fingerprint density at radius 1 is 1.24 bits per heavy atom. The molecule has 2 aliphatic rings. The first-order chi connectivity index (χ1) is 14.0. The molecule has 1 N–H and O–H groups in total. The van der Waals surface area contributed by atoms with Crippen LogP contribution in [0.4, 0.5) is 0 Å². The minimum atomic E-state index is -0.892. The third kappa shape index (κ3) is 3.81. The number of carbonyl (C=O) groups excluding carboxylic acids is 3. The van der Waals surface area contributed by atoms with E-state index in [9.17, 15) is 14.4 Å². The van der Waals surface area contributed by atoms with Gasteiger partial charge in [0.15, 0.2) is 5.78 Å². The van der Waals surface area contributed by atoms with Crippen molar-refractivity contribution >= 4 is 44.9 Å². The van der Waals surface area contributed by atoms with Gasteiger partial charge >= 0.3 is 5.97 Å². The van der Waals surface area contributed by atoms with Crippen LogP contribution in [0.3, 0.4) is 0 Å². The maximum Gasteiger partial charge on any atom is 0.317 e. The van der Waals surface area contributed by atoms with Crippen molar-refractivity contribution in [3.8, 4) is 0 Å². The Balaban J connectivity index is 1.82. The molecule has 2 aromatic rings. The Morgan fingerprint density at radius 2 is 2.07 bits per heavy atom. The van der Waals surface area contributed by atoms with Crippen LogP contribution in [-0.2, 0) is 19.1 Å². The molecule has 0 unspecified atom stereocenters. The summed E-state index contributed by atoms with van der Waals surface area (Å²) in [6, 6.07) is 11.5. The number of carbonyl (C=O) groups is 3. The Hall–Kier alpha value is -2.25. The lowest BCUT2D eigenvalue weighted by atomic mass is 9.69. The molecule has 2 heterocycles. The SMILES string of the molecule is CCOC(=O)[C@H]1C(=O)C2=C(C[C@H]1c1cccs1)NC(=O)C[C@H]2c1cccc(Br)c1. The average molecular weight is 474 g/mol. The van der Waals surface area contributed by atoms with E-state index in [1.807, 2.05) is 41.8 Å². The summed E-state index contributed by atoms with van der Waals surface area (Å²) in [6.07, 6.45) is 0.613. The number of esters is 1. The van der Waals surface area contributed by atoms with Crippen LogP contribution in [0.5, 0.6) is 0 Å². The molecule has 0 radical (unpaired) electrons. The quantitative estimate of drug-likeness (QED) is 0.530. The van der Waals surface area contributed by atoms with Crippen LogP contribution in [0.15, 0.2) is 57.5 Å². The van der Waals surface area contributed by atoms with E-state index in [0.717, 1.165) is 14.9 Å². The molecule has 0 bridgehead atoms. The number of ketones is 1. The Labute approximate surface area is 181 Å². The molecule has 1 aromatic carbocycles. The number of rotatable bonds is 4. The van der Waals surface area contributed by atoms with Gasteiger partial charge in [-0.05, 0) is 42.5 Å². The molecule has 7 heteroatoms. The lowest BCUT2D eigenvalue weighted by Crippen LogP contribution is -2.44. The van der Waals surface area contributed by atoms with Gasteiger partial charge in [-0.1, -0.05) is 34.1 Å². The molecule has 150 valence electrons. The van der Waals surface area contributed by atoms with Gasteiger partial charge in [0.05, 0.1) is 6.61 Å². The molecule has 1 aromatic heterocycles. The highest BCUT2D eigenvalue weighted by atomic mass is 79.9. The molecular weight excluding hydrogens is 454 g/mol. The van der Waals surface area contributed by atoms with Crippen molar-refractivity contribution in [2.24, 2.45) is 5.92 Å². The van der Waals surface area contributed by atoms with E-state index in [2.05, 4.69) is 21.2 Å². The fourth-order valence-corrected chi connectivity index (χ4v) is 5.51. The van der Waals surface area contributed by atoms with Crippen molar-refractivity contribution in [1.29, 1.82) is 0 Å². The van der Waals surface area contributed by atoms with Crippen LogP contribution in [-0.4, -0.2) is 24.3 Å². The van der Waals surface area contributed by atoms with E-state index in [0.29, 0.717) is 17.7 Å². The standard InChI is InChI=1S/C22H20BrNO4S/c1-2-28-22(27)20-15(17-7-4-8-29-17)10-16-19(21(20)26)14(11-18(25)24-16)12-5-3-6-13(23)9-12/h3-9,14-15,20H,2,10-11H2,1H3,(H,24,25)/t14-,15-,20+/m0/s1. The average Bonchev–Trinajstić information content (AvgIpc) is 3.21. The van der Waals surface area contributed by atoms with Crippen molar-refractivity contribution in [3.05, 3.63) is 68.0 Å². The van der Waals surface area contributed by atoms with Gasteiger partial charge < -0.3 is 10.1 Å². The molecule has 3 atom stereocenters. The number of halogens is 1. The lowest BCUT2D eigenvalue weighted by molar-refractivity contribution is -0.152. The number of nitrogens with one attached hydrogen (secondary N) is 1. The van der Waals surface area contributed by atoms with Gasteiger partial charge in [0.1, 0.15) is 5.92 Å². The molecule has 1 aliphatic heterocycles. The molecule has 0 fully saturated rings. The van der Waals surface area contributed by atoms with Crippen LogP contribution in [0, 0.1) is 5.92 Å². The van der Waals surface area contributed by atoms with Gasteiger partial charge in [-0.3, -0.25) is 14.4 Å². The van der Waals surface area contributed by atoms with Crippen molar-refractivity contribution in [2.75, 3.05) is 6.61 Å². The summed E-state index contributed by atoms with van der Waals surface area (Å²) in [5.41, 5.74) is 2.05. The predicted molar refractivity (Wildman–Crippen MR) is 113 cm³/mol. The summed E-state index contributed by atoms with van der Waals surface area (Å²) < 4.78 is 6.15. The summed E-state index contributed by atoms with van der Waals surface area (Å²) in [5.74, 6) is -2.44. The minimum absolute atomic E-state index is 0.110. The van der Waals surface area contributed by atoms with E-state index in [4.69, 9.17) is 4.74 Å². The Kier molecular flexibility index (Phi) is 5.69. The van der Waals surface area contributed by atoms with Crippen LogP contribution in [0.25, 0.3) is 0 Å². The summed E-state index contributed by atoms with van der Waals surface area (Å²) in [4.78, 5) is 39.8. The second kappa shape index (κ2) is 8.24. The zero-order chi connectivity index (χ0) is 20.5. The normalized spacial score (nSPS) is 24.1. The number of thiophene rings is 1. The largest absolute Gasteiger partial charge is 0.465 e. The maximum absolute atomic E-state index is 13.6. The third-order valence-electron chi connectivity index (χ3n) is 5.43. The second-order valence-corrected chi connectivity index (χ2v) is 9.07. The molecule has 4 rings (SSSR count). The fraction of sp³-hybridized carbons (Fsp3) is 0.318. The molecule has 0 saturated heterocycles. The number of ether oxygens (including phenoxy) is 1. The monoisotopic (exact) mass is 473 g/mol. The smallest absolute Gasteiger partial charge is 0.317 e. The summed E-state index contributed by atoms with van der Waals surface area (Å²) >= 11 is 4.97. The van der Waals surface area contributed by atoms with Gasteiger partial charge in [-0.25, -0.2) is 0 Å². The molecule has 29 heavy (non-hydrogen) atoms. The molecule has 5 nitrogen and oxygen atoms in total. The Morgan fingerprint density at radius 3 is 2.76 bits per heavy atom. The van der Waals surface area contributed by atoms with E-state index < -0.39 is 11.9 Å². The van der Waals surface area contributed by atoms with E-state index >= 15 is 0 Å². The van der Waals surface area contributed by atoms with Crippen molar-refractivity contribution in [1.82, 2.24) is 5.32 Å². The van der Waals surface area contributed by atoms with Crippen LogP contribution < -0.4 is 5.32 Å². The molecule has 0 spiro atoms. The first-order valence-corrected chi connectivity index (χ1v) is 11.2. The summed E-state index contributed by atoms with van der Waals surface area (Å²) in [7, 11) is 0. The summed E-state index contributed by atoms with van der Waals surface area (Å²) in [6.45, 7) is 1.96. The van der Waals surface area contributed by atoms with Gasteiger partial charge in [0.2, 0.25) is 5.91 Å². The molecule has 1 aliphatic carbocycles. The minimum Gasteiger partial charge on any atom is -0.465 e. The highest BCUT2D eigenvalue weighted by molar-refractivity contribution is 9.10. The first kappa shape index (κ1) is 20.0. The zero-order valence-electron chi connectivity index (χ0n) is 15.8. The highest BCUT2D eigenvalue weighted by Crippen LogP contribution is 2.46. The number of hydrogen-bond donors (Lipinski definition) is 1.